The zero-order chi connectivity index (χ0) is 12.5. The number of anilines is 1. The molecule has 96 valence electrons. The van der Waals surface area contributed by atoms with E-state index < -0.39 is 0 Å². The van der Waals surface area contributed by atoms with Crippen LogP contribution in [0.5, 0.6) is 0 Å². The first kappa shape index (κ1) is 12.2. The molecule has 3 atom stereocenters. The van der Waals surface area contributed by atoms with Gasteiger partial charge in [0.1, 0.15) is 6.04 Å². The van der Waals surface area contributed by atoms with Gasteiger partial charge in [0.2, 0.25) is 6.29 Å². The van der Waals surface area contributed by atoms with Crippen molar-refractivity contribution in [1.29, 1.82) is 0 Å². The summed E-state index contributed by atoms with van der Waals surface area (Å²) in [7, 11) is 0. The van der Waals surface area contributed by atoms with Crippen molar-refractivity contribution in [2.24, 2.45) is 5.92 Å². The summed E-state index contributed by atoms with van der Waals surface area (Å²) in [5.41, 5.74) is 0.948. The summed E-state index contributed by atoms with van der Waals surface area (Å²) in [4.78, 5) is 11.8. The minimum absolute atomic E-state index is 0.130. The van der Waals surface area contributed by atoms with E-state index in [-0.39, 0.29) is 24.2 Å². The van der Waals surface area contributed by atoms with Gasteiger partial charge in [-0.15, -0.1) is 0 Å². The third kappa shape index (κ3) is 2.33. The van der Waals surface area contributed by atoms with Crippen LogP contribution in [0.2, 0.25) is 0 Å². The second-order valence-electron chi connectivity index (χ2n) is 4.61. The van der Waals surface area contributed by atoms with E-state index in [9.17, 15) is 4.79 Å². The first-order valence-corrected chi connectivity index (χ1v) is 7.16. The van der Waals surface area contributed by atoms with Gasteiger partial charge in [-0.1, -0.05) is 0 Å². The van der Waals surface area contributed by atoms with Crippen molar-refractivity contribution < 1.29 is 14.3 Å². The van der Waals surface area contributed by atoms with E-state index in [1.807, 2.05) is 24.3 Å². The van der Waals surface area contributed by atoms with Crippen LogP contribution in [0, 0.1) is 9.49 Å². The van der Waals surface area contributed by atoms with Crippen molar-refractivity contribution in [3.05, 3.63) is 27.8 Å². The average molecular weight is 359 g/mol. The molecule has 1 aromatic carbocycles. The fourth-order valence-electron chi connectivity index (χ4n) is 2.48. The topological polar surface area (TPSA) is 47.6 Å². The van der Waals surface area contributed by atoms with Gasteiger partial charge in [0.25, 0.3) is 0 Å². The zero-order valence-corrected chi connectivity index (χ0v) is 11.9. The molecule has 2 aliphatic rings. The molecule has 0 aromatic heterocycles. The molecule has 0 aliphatic carbocycles. The average Bonchev–Trinajstić information content (AvgIpc) is 2.69. The van der Waals surface area contributed by atoms with Crippen LogP contribution < -0.4 is 5.32 Å². The first-order chi connectivity index (χ1) is 8.74. The van der Waals surface area contributed by atoms with Gasteiger partial charge in [-0.3, -0.25) is 0 Å². The highest BCUT2D eigenvalue weighted by atomic mass is 127. The number of ether oxygens (including phenoxy) is 2. The predicted molar refractivity (Wildman–Crippen MR) is 75.1 cm³/mol. The van der Waals surface area contributed by atoms with E-state index in [0.29, 0.717) is 6.61 Å². The van der Waals surface area contributed by atoms with Crippen LogP contribution in [0.4, 0.5) is 5.69 Å². The number of rotatable bonds is 2. The maximum absolute atomic E-state index is 11.8. The summed E-state index contributed by atoms with van der Waals surface area (Å²) >= 11 is 2.26. The first-order valence-electron chi connectivity index (χ1n) is 6.08. The molecular formula is C13H14INO3. The molecule has 2 heterocycles. The van der Waals surface area contributed by atoms with Crippen LogP contribution >= 0.6 is 22.6 Å². The molecule has 2 fully saturated rings. The molecule has 0 bridgehead atoms. The Kier molecular flexibility index (Phi) is 3.43. The monoisotopic (exact) mass is 359 g/mol. The molecule has 1 aromatic rings. The molecule has 1 N–H and O–H groups in total. The normalized spacial score (nSPS) is 30.7. The lowest BCUT2D eigenvalue weighted by Crippen LogP contribution is -2.36. The molecule has 2 aliphatic heterocycles. The van der Waals surface area contributed by atoms with Gasteiger partial charge in [0.15, 0.2) is 0 Å². The molecule has 0 saturated carbocycles. The maximum Gasteiger partial charge on any atom is 0.331 e. The zero-order valence-electron chi connectivity index (χ0n) is 9.77. The third-order valence-electron chi connectivity index (χ3n) is 3.39. The molecule has 0 amide bonds. The van der Waals surface area contributed by atoms with Crippen LogP contribution in [-0.4, -0.2) is 24.9 Å². The van der Waals surface area contributed by atoms with E-state index in [1.165, 1.54) is 3.57 Å². The number of hydrogen-bond acceptors (Lipinski definition) is 4. The fourth-order valence-corrected chi connectivity index (χ4v) is 2.84. The van der Waals surface area contributed by atoms with Crippen LogP contribution in [0.15, 0.2) is 24.3 Å². The number of benzene rings is 1. The lowest BCUT2D eigenvalue weighted by atomic mass is 9.94. The Morgan fingerprint density at radius 1 is 1.28 bits per heavy atom. The van der Waals surface area contributed by atoms with Crippen LogP contribution in [-0.2, 0) is 14.3 Å². The minimum Gasteiger partial charge on any atom is -0.434 e. The second kappa shape index (κ2) is 5.05. The van der Waals surface area contributed by atoms with Gasteiger partial charge in [-0.05, 0) is 59.7 Å². The number of carbonyl (C=O) groups is 1. The van der Waals surface area contributed by atoms with E-state index in [2.05, 4.69) is 27.9 Å². The van der Waals surface area contributed by atoms with Crippen molar-refractivity contribution in [3.63, 3.8) is 0 Å². The van der Waals surface area contributed by atoms with Gasteiger partial charge >= 0.3 is 5.97 Å². The van der Waals surface area contributed by atoms with E-state index in [0.717, 1.165) is 18.5 Å². The molecule has 3 unspecified atom stereocenters. The Balaban J connectivity index is 1.75. The fraction of sp³-hybridized carbons (Fsp3) is 0.462. The number of carbonyl (C=O) groups excluding carboxylic acids is 1. The van der Waals surface area contributed by atoms with E-state index in [1.54, 1.807) is 0 Å². The smallest absolute Gasteiger partial charge is 0.331 e. The highest BCUT2D eigenvalue weighted by Crippen LogP contribution is 2.33. The summed E-state index contributed by atoms with van der Waals surface area (Å²) in [5, 5.41) is 3.26. The number of fused-ring (bicyclic) bond motifs is 1. The summed E-state index contributed by atoms with van der Waals surface area (Å²) in [6, 6.07) is 7.70. The molecular weight excluding hydrogens is 345 g/mol. The Morgan fingerprint density at radius 3 is 2.83 bits per heavy atom. The van der Waals surface area contributed by atoms with Crippen molar-refractivity contribution >= 4 is 34.2 Å². The van der Waals surface area contributed by atoms with Gasteiger partial charge in [-0.2, -0.15) is 0 Å². The quantitative estimate of drug-likeness (QED) is 0.651. The summed E-state index contributed by atoms with van der Waals surface area (Å²) < 4.78 is 11.9. The molecule has 3 rings (SSSR count). The van der Waals surface area contributed by atoms with Gasteiger partial charge in [0.05, 0.1) is 12.5 Å². The molecule has 0 radical (unpaired) electrons. The summed E-state index contributed by atoms with van der Waals surface area (Å²) in [6.45, 7) is 0.685. The standard InChI is InChI=1S/C13H14INO3/c14-8-3-5-9(6-4-8)15-11-10-2-1-7-17-13(10)18-12(11)16/h3-6,10-11,13,15H,1-2,7H2. The lowest BCUT2D eigenvalue weighted by Gasteiger charge is -2.26. The second-order valence-corrected chi connectivity index (χ2v) is 5.86. The van der Waals surface area contributed by atoms with E-state index in [4.69, 9.17) is 9.47 Å². The Labute approximate surface area is 119 Å². The van der Waals surface area contributed by atoms with Crippen LogP contribution in [0.1, 0.15) is 12.8 Å². The van der Waals surface area contributed by atoms with Crippen molar-refractivity contribution in [2.75, 3.05) is 11.9 Å². The number of esters is 1. The Morgan fingerprint density at radius 2 is 2.06 bits per heavy atom. The molecule has 0 spiro atoms. The van der Waals surface area contributed by atoms with Crippen molar-refractivity contribution in [3.8, 4) is 0 Å². The lowest BCUT2D eigenvalue weighted by molar-refractivity contribution is -0.174. The van der Waals surface area contributed by atoms with E-state index >= 15 is 0 Å². The third-order valence-corrected chi connectivity index (χ3v) is 4.11. The highest BCUT2D eigenvalue weighted by molar-refractivity contribution is 14.1. The Bertz CT molecular complexity index is 448. The summed E-state index contributed by atoms with van der Waals surface area (Å²) in [5.74, 6) is -0.0732. The number of nitrogens with one attached hydrogen (secondary N) is 1. The van der Waals surface area contributed by atoms with Gasteiger partial charge in [-0.25, -0.2) is 4.79 Å². The van der Waals surface area contributed by atoms with Crippen LogP contribution in [0.3, 0.4) is 0 Å². The largest absolute Gasteiger partial charge is 0.434 e. The number of halogens is 1. The maximum atomic E-state index is 11.8. The van der Waals surface area contributed by atoms with Crippen LogP contribution in [0.25, 0.3) is 0 Å². The molecule has 18 heavy (non-hydrogen) atoms. The highest BCUT2D eigenvalue weighted by Gasteiger charge is 2.46. The molecule has 5 heteroatoms. The molecule has 2 saturated heterocycles. The van der Waals surface area contributed by atoms with Crippen molar-refractivity contribution in [1.82, 2.24) is 0 Å². The summed E-state index contributed by atoms with van der Waals surface area (Å²) in [6.07, 6.45) is 1.61. The SMILES string of the molecule is O=C1OC2OCCCC2C1Nc1ccc(I)cc1. The van der Waals surface area contributed by atoms with Crippen molar-refractivity contribution in [2.45, 2.75) is 25.2 Å². The van der Waals surface area contributed by atoms with Gasteiger partial charge < -0.3 is 14.8 Å². The predicted octanol–water partition coefficient (Wildman–Crippen LogP) is 2.38. The Hall–Kier alpha value is -0.820. The van der Waals surface area contributed by atoms with Gasteiger partial charge in [0, 0.05) is 9.26 Å². The number of hydrogen-bond donors (Lipinski definition) is 1. The minimum atomic E-state index is -0.354. The molecule has 4 nitrogen and oxygen atoms in total.